The van der Waals surface area contributed by atoms with E-state index in [0.717, 1.165) is 26.6 Å². The van der Waals surface area contributed by atoms with E-state index >= 15 is 0 Å². The van der Waals surface area contributed by atoms with Crippen molar-refractivity contribution in [3.05, 3.63) is 87.9 Å². The lowest BCUT2D eigenvalue weighted by Gasteiger charge is -2.26. The van der Waals surface area contributed by atoms with Crippen molar-refractivity contribution in [2.24, 2.45) is 0 Å². The van der Waals surface area contributed by atoms with E-state index in [0.29, 0.717) is 30.4 Å². The standard InChI is InChI=1S/C27H24ClF3N2O3S2/c1-26(34,27(29,30)31)17-11-12-32-23(14-17)20-7-4-5-16-13-24(37-25(16)20)21(19-6-2-3-8-22(19)28)15-33-38(35,36)18-9-10-18/h2-8,11-14,18,21,33-34H,9-10,15H2,1H3. The number of aliphatic hydroxyl groups is 1. The Hall–Kier alpha value is -2.50. The second-order valence-electron chi connectivity index (χ2n) is 9.54. The molecule has 2 unspecified atom stereocenters. The molecule has 2 aromatic carbocycles. The SMILES string of the molecule is CC(O)(c1ccnc(-c2cccc3cc(C(CNS(=O)(=O)C4CC4)c4ccccc4Cl)sc23)c1)C(F)(F)F. The predicted octanol–water partition coefficient (Wildman–Crippen LogP) is 6.60. The van der Waals surface area contributed by atoms with E-state index in [4.69, 9.17) is 11.6 Å². The zero-order chi connectivity index (χ0) is 27.3. The second kappa shape index (κ2) is 9.91. The monoisotopic (exact) mass is 580 g/mol. The Morgan fingerprint density at radius 2 is 1.87 bits per heavy atom. The molecule has 1 saturated carbocycles. The number of nitrogens with zero attached hydrogens (tertiary/aromatic N) is 1. The molecule has 2 heterocycles. The van der Waals surface area contributed by atoms with Gasteiger partial charge in [0.15, 0.2) is 5.60 Å². The molecule has 0 radical (unpaired) electrons. The van der Waals surface area contributed by atoms with E-state index in [1.165, 1.54) is 23.6 Å². The minimum absolute atomic E-state index is 0.118. The topological polar surface area (TPSA) is 79.3 Å². The fourth-order valence-electron chi connectivity index (χ4n) is 4.32. The summed E-state index contributed by atoms with van der Waals surface area (Å²) in [6.45, 7) is 0.833. The van der Waals surface area contributed by atoms with Crippen LogP contribution in [0.3, 0.4) is 0 Å². The molecule has 2 atom stereocenters. The number of hydrogen-bond donors (Lipinski definition) is 2. The van der Waals surface area contributed by atoms with Crippen molar-refractivity contribution in [2.75, 3.05) is 6.54 Å². The van der Waals surface area contributed by atoms with Crippen LogP contribution in [-0.2, 0) is 15.6 Å². The number of halogens is 4. The third-order valence-electron chi connectivity index (χ3n) is 6.79. The molecule has 1 aliphatic carbocycles. The van der Waals surface area contributed by atoms with Crippen LogP contribution in [0.4, 0.5) is 13.2 Å². The quantitative estimate of drug-likeness (QED) is 0.246. The van der Waals surface area contributed by atoms with Crippen LogP contribution in [0, 0.1) is 0 Å². The molecule has 2 aromatic heterocycles. The number of aromatic nitrogens is 1. The van der Waals surface area contributed by atoms with Crippen LogP contribution in [0.15, 0.2) is 66.9 Å². The van der Waals surface area contributed by atoms with Crippen LogP contribution in [0.5, 0.6) is 0 Å². The van der Waals surface area contributed by atoms with Gasteiger partial charge in [0, 0.05) is 38.8 Å². The van der Waals surface area contributed by atoms with Gasteiger partial charge < -0.3 is 5.11 Å². The van der Waals surface area contributed by atoms with Crippen LogP contribution >= 0.6 is 22.9 Å². The molecule has 0 aliphatic heterocycles. The Morgan fingerprint density at radius 1 is 1.13 bits per heavy atom. The van der Waals surface area contributed by atoms with Gasteiger partial charge in [0.1, 0.15) is 0 Å². The van der Waals surface area contributed by atoms with E-state index in [-0.39, 0.29) is 29.0 Å². The maximum absolute atomic E-state index is 13.5. The summed E-state index contributed by atoms with van der Waals surface area (Å²) in [5, 5.41) is 11.2. The number of benzene rings is 2. The van der Waals surface area contributed by atoms with E-state index in [1.54, 1.807) is 24.3 Å². The Labute approximate surface area is 227 Å². The first kappa shape index (κ1) is 27.1. The number of nitrogens with one attached hydrogen (secondary N) is 1. The zero-order valence-electron chi connectivity index (χ0n) is 20.2. The molecule has 38 heavy (non-hydrogen) atoms. The fourth-order valence-corrected chi connectivity index (χ4v) is 7.28. The minimum atomic E-state index is -4.86. The highest BCUT2D eigenvalue weighted by molar-refractivity contribution is 7.90. The van der Waals surface area contributed by atoms with Gasteiger partial charge in [-0.05, 0) is 60.5 Å². The van der Waals surface area contributed by atoms with E-state index in [2.05, 4.69) is 9.71 Å². The van der Waals surface area contributed by atoms with Crippen LogP contribution < -0.4 is 4.72 Å². The number of pyridine rings is 1. The van der Waals surface area contributed by atoms with E-state index in [1.807, 2.05) is 24.3 Å². The van der Waals surface area contributed by atoms with Crippen molar-refractivity contribution in [1.82, 2.24) is 9.71 Å². The van der Waals surface area contributed by atoms with Gasteiger partial charge in [-0.2, -0.15) is 13.2 Å². The fraction of sp³-hybridized carbons (Fsp3) is 0.296. The third-order valence-corrected chi connectivity index (χ3v) is 10.3. The Kier molecular flexibility index (Phi) is 7.06. The molecule has 0 amide bonds. The smallest absolute Gasteiger partial charge is 0.376 e. The van der Waals surface area contributed by atoms with Crippen LogP contribution in [0.25, 0.3) is 21.3 Å². The van der Waals surface area contributed by atoms with Gasteiger partial charge in [0.05, 0.1) is 10.9 Å². The lowest BCUT2D eigenvalue weighted by atomic mass is 9.94. The van der Waals surface area contributed by atoms with E-state index < -0.39 is 21.8 Å². The predicted molar refractivity (Wildman–Crippen MR) is 144 cm³/mol. The highest BCUT2D eigenvalue weighted by atomic mass is 35.5. The summed E-state index contributed by atoms with van der Waals surface area (Å²) in [5.41, 5.74) is -1.69. The van der Waals surface area contributed by atoms with Crippen molar-refractivity contribution < 1.29 is 26.7 Å². The number of sulfonamides is 1. The molecule has 0 bridgehead atoms. The second-order valence-corrected chi connectivity index (χ2v) is 13.1. The summed E-state index contributed by atoms with van der Waals surface area (Å²) in [7, 11) is -3.44. The molecular formula is C27H24ClF3N2O3S2. The van der Waals surface area contributed by atoms with Crippen molar-refractivity contribution in [2.45, 2.75) is 42.7 Å². The molecular weight excluding hydrogens is 557 g/mol. The largest absolute Gasteiger partial charge is 0.421 e. The number of rotatable bonds is 8. The van der Waals surface area contributed by atoms with Crippen LogP contribution in [0.1, 0.15) is 41.7 Å². The summed E-state index contributed by atoms with van der Waals surface area (Å²) in [5.74, 6) is -0.382. The van der Waals surface area contributed by atoms with E-state index in [9.17, 15) is 26.7 Å². The molecule has 4 aromatic rings. The van der Waals surface area contributed by atoms with Crippen LogP contribution in [0.2, 0.25) is 5.02 Å². The minimum Gasteiger partial charge on any atom is -0.376 e. The molecule has 5 nitrogen and oxygen atoms in total. The number of alkyl halides is 3. The van der Waals surface area contributed by atoms with Crippen LogP contribution in [-0.4, -0.2) is 36.5 Å². The average Bonchev–Trinajstić information content (AvgIpc) is 3.65. The molecule has 0 spiro atoms. The Morgan fingerprint density at radius 3 is 2.55 bits per heavy atom. The number of thiophene rings is 1. The molecule has 0 saturated heterocycles. The third kappa shape index (κ3) is 5.20. The van der Waals surface area contributed by atoms with Gasteiger partial charge in [0.25, 0.3) is 0 Å². The normalized spacial score (nSPS) is 16.9. The van der Waals surface area contributed by atoms with Gasteiger partial charge in [-0.15, -0.1) is 11.3 Å². The summed E-state index contributed by atoms with van der Waals surface area (Å²) < 4.78 is 69.1. The molecule has 1 fully saturated rings. The molecule has 2 N–H and O–H groups in total. The summed E-state index contributed by atoms with van der Waals surface area (Å²) >= 11 is 7.92. The lowest BCUT2D eigenvalue weighted by molar-refractivity contribution is -0.258. The summed E-state index contributed by atoms with van der Waals surface area (Å²) in [6, 6.07) is 17.0. The van der Waals surface area contributed by atoms with Gasteiger partial charge >= 0.3 is 6.18 Å². The first-order chi connectivity index (χ1) is 17.9. The first-order valence-corrected chi connectivity index (χ1v) is 14.6. The maximum Gasteiger partial charge on any atom is 0.421 e. The number of hydrogen-bond acceptors (Lipinski definition) is 5. The molecule has 200 valence electrons. The van der Waals surface area contributed by atoms with Gasteiger partial charge in [-0.25, -0.2) is 13.1 Å². The van der Waals surface area contributed by atoms with Gasteiger partial charge in [0.2, 0.25) is 10.0 Å². The summed E-state index contributed by atoms with van der Waals surface area (Å²) in [6.07, 6.45) is -2.32. The van der Waals surface area contributed by atoms with Crippen molar-refractivity contribution >= 4 is 43.0 Å². The highest BCUT2D eigenvalue weighted by Crippen LogP contribution is 2.43. The highest BCUT2D eigenvalue weighted by Gasteiger charge is 2.51. The summed E-state index contributed by atoms with van der Waals surface area (Å²) in [4.78, 5) is 5.14. The Bertz CT molecular complexity index is 1600. The average molecular weight is 581 g/mol. The van der Waals surface area contributed by atoms with Crippen molar-refractivity contribution in [1.29, 1.82) is 0 Å². The maximum atomic E-state index is 13.5. The lowest BCUT2D eigenvalue weighted by Crippen LogP contribution is -2.39. The number of fused-ring (bicyclic) bond motifs is 1. The van der Waals surface area contributed by atoms with Gasteiger partial charge in [-0.3, -0.25) is 4.98 Å². The van der Waals surface area contributed by atoms with Crippen molar-refractivity contribution in [3.8, 4) is 11.3 Å². The van der Waals surface area contributed by atoms with Gasteiger partial charge in [-0.1, -0.05) is 48.0 Å². The van der Waals surface area contributed by atoms with Crippen molar-refractivity contribution in [3.63, 3.8) is 0 Å². The zero-order valence-corrected chi connectivity index (χ0v) is 22.6. The first-order valence-electron chi connectivity index (χ1n) is 11.9. The molecule has 5 rings (SSSR count). The molecule has 11 heteroatoms. The molecule has 1 aliphatic rings. The Balaban J connectivity index is 1.58.